The Morgan fingerprint density at radius 1 is 1.24 bits per heavy atom. The van der Waals surface area contributed by atoms with E-state index in [-0.39, 0.29) is 17.7 Å². The summed E-state index contributed by atoms with van der Waals surface area (Å²) in [5, 5.41) is 0. The van der Waals surface area contributed by atoms with Crippen molar-refractivity contribution < 1.29 is 9.59 Å². The molecule has 1 aliphatic heterocycles. The second-order valence-electron chi connectivity index (χ2n) is 6.30. The van der Waals surface area contributed by atoms with Gasteiger partial charge in [0, 0.05) is 31.4 Å². The number of primary amides is 1. The second-order valence-corrected chi connectivity index (χ2v) is 6.30. The monoisotopic (exact) mass is 338 g/mol. The first-order chi connectivity index (χ1) is 12.1. The van der Waals surface area contributed by atoms with Crippen LogP contribution in [0.5, 0.6) is 0 Å². The molecule has 1 aromatic heterocycles. The number of nitrogens with two attached hydrogens (primary N) is 2. The van der Waals surface area contributed by atoms with Crippen molar-refractivity contribution >= 4 is 11.8 Å². The molecule has 1 atom stereocenters. The highest BCUT2D eigenvalue weighted by Crippen LogP contribution is 2.26. The number of likely N-dealkylation sites (tertiary alicyclic amines) is 1. The molecule has 6 heteroatoms. The Bertz CT molecular complexity index is 790. The van der Waals surface area contributed by atoms with E-state index in [1.54, 1.807) is 11.1 Å². The minimum Gasteiger partial charge on any atom is -0.369 e. The Kier molecular flexibility index (Phi) is 5.09. The average molecular weight is 338 g/mol. The average Bonchev–Trinajstić information content (AvgIpc) is 2.67. The fraction of sp³-hybridized carbons (Fsp3) is 0.316. The molecule has 2 amide bonds. The molecule has 0 bridgehead atoms. The summed E-state index contributed by atoms with van der Waals surface area (Å²) in [5.41, 5.74) is 14.2. The zero-order chi connectivity index (χ0) is 17.8. The third-order valence-electron chi connectivity index (χ3n) is 4.59. The van der Waals surface area contributed by atoms with Crippen LogP contribution in [0.1, 0.15) is 28.9 Å². The minimum absolute atomic E-state index is 0.167. The van der Waals surface area contributed by atoms with Crippen LogP contribution in [0.2, 0.25) is 0 Å². The molecule has 2 aromatic rings. The molecule has 1 fully saturated rings. The Morgan fingerprint density at radius 3 is 2.84 bits per heavy atom. The number of nitrogens with zero attached hydrogens (tertiary/aromatic N) is 2. The number of carbonyl (C=O) groups excluding carboxylic acids is 2. The van der Waals surface area contributed by atoms with Crippen LogP contribution >= 0.6 is 0 Å². The standard InChI is InChI=1S/C19H22N4O2/c20-11-13-4-1-5-14(10-13)16-7-2-8-22-17(16)19(25)23-9-3-6-15(12-23)18(21)24/h1-2,4-5,7-8,10,15H,3,6,9,11-12,20H2,(H2,21,24). The number of carbonyl (C=O) groups is 2. The van der Waals surface area contributed by atoms with Gasteiger partial charge in [-0.1, -0.05) is 24.3 Å². The van der Waals surface area contributed by atoms with E-state index >= 15 is 0 Å². The van der Waals surface area contributed by atoms with Crippen molar-refractivity contribution in [1.82, 2.24) is 9.88 Å². The number of benzene rings is 1. The largest absolute Gasteiger partial charge is 0.369 e. The van der Waals surface area contributed by atoms with E-state index in [2.05, 4.69) is 4.98 Å². The van der Waals surface area contributed by atoms with Gasteiger partial charge in [0.05, 0.1) is 5.92 Å². The Labute approximate surface area is 146 Å². The van der Waals surface area contributed by atoms with Gasteiger partial charge in [0.1, 0.15) is 5.69 Å². The maximum absolute atomic E-state index is 13.0. The molecule has 2 heterocycles. The molecule has 1 unspecified atom stereocenters. The van der Waals surface area contributed by atoms with Crippen LogP contribution in [-0.4, -0.2) is 34.8 Å². The fourth-order valence-corrected chi connectivity index (χ4v) is 3.22. The van der Waals surface area contributed by atoms with Gasteiger partial charge < -0.3 is 16.4 Å². The molecule has 0 radical (unpaired) electrons. The van der Waals surface area contributed by atoms with Crippen molar-refractivity contribution in [3.63, 3.8) is 0 Å². The molecule has 0 aliphatic carbocycles. The third-order valence-corrected chi connectivity index (χ3v) is 4.59. The number of aromatic nitrogens is 1. The molecular formula is C19H22N4O2. The van der Waals surface area contributed by atoms with Crippen LogP contribution in [0.4, 0.5) is 0 Å². The van der Waals surface area contributed by atoms with Gasteiger partial charge in [0.15, 0.2) is 0 Å². The maximum atomic E-state index is 13.0. The van der Waals surface area contributed by atoms with Gasteiger partial charge in [0.25, 0.3) is 5.91 Å². The minimum atomic E-state index is -0.352. The number of amides is 2. The molecule has 0 saturated carbocycles. The molecule has 1 aliphatic rings. The van der Waals surface area contributed by atoms with Crippen LogP contribution in [0, 0.1) is 5.92 Å². The molecular weight excluding hydrogens is 316 g/mol. The molecule has 130 valence electrons. The quantitative estimate of drug-likeness (QED) is 0.883. The van der Waals surface area contributed by atoms with E-state index in [1.165, 1.54) is 0 Å². The molecule has 4 N–H and O–H groups in total. The van der Waals surface area contributed by atoms with Crippen LogP contribution in [0.15, 0.2) is 42.6 Å². The van der Waals surface area contributed by atoms with Crippen LogP contribution in [-0.2, 0) is 11.3 Å². The van der Waals surface area contributed by atoms with Gasteiger partial charge in [-0.05, 0) is 36.1 Å². The Hall–Kier alpha value is -2.73. The van der Waals surface area contributed by atoms with Crippen LogP contribution in [0.3, 0.4) is 0 Å². The van der Waals surface area contributed by atoms with Gasteiger partial charge in [0.2, 0.25) is 5.91 Å². The summed E-state index contributed by atoms with van der Waals surface area (Å²) in [6, 6.07) is 11.5. The first-order valence-corrected chi connectivity index (χ1v) is 8.43. The smallest absolute Gasteiger partial charge is 0.273 e. The molecule has 1 aromatic carbocycles. The molecule has 25 heavy (non-hydrogen) atoms. The van der Waals surface area contributed by atoms with Gasteiger partial charge in [-0.3, -0.25) is 14.6 Å². The number of rotatable bonds is 4. The van der Waals surface area contributed by atoms with Crippen molar-refractivity contribution in [2.45, 2.75) is 19.4 Å². The molecule has 0 spiro atoms. The van der Waals surface area contributed by atoms with Crippen molar-refractivity contribution in [2.75, 3.05) is 13.1 Å². The predicted molar refractivity (Wildman–Crippen MR) is 95.4 cm³/mol. The summed E-state index contributed by atoms with van der Waals surface area (Å²) in [7, 11) is 0. The second kappa shape index (κ2) is 7.44. The summed E-state index contributed by atoms with van der Waals surface area (Å²) in [6.45, 7) is 1.40. The van der Waals surface area contributed by atoms with Crippen LogP contribution in [0.25, 0.3) is 11.1 Å². The summed E-state index contributed by atoms with van der Waals surface area (Å²) < 4.78 is 0. The van der Waals surface area contributed by atoms with E-state index in [0.29, 0.717) is 25.3 Å². The zero-order valence-corrected chi connectivity index (χ0v) is 14.0. The van der Waals surface area contributed by atoms with Gasteiger partial charge >= 0.3 is 0 Å². The zero-order valence-electron chi connectivity index (χ0n) is 14.0. The van der Waals surface area contributed by atoms with Crippen LogP contribution < -0.4 is 11.5 Å². The number of pyridine rings is 1. The summed E-state index contributed by atoms with van der Waals surface area (Å²) >= 11 is 0. The lowest BCUT2D eigenvalue weighted by Crippen LogP contribution is -2.44. The highest BCUT2D eigenvalue weighted by atomic mass is 16.2. The molecule has 6 nitrogen and oxygen atoms in total. The lowest BCUT2D eigenvalue weighted by molar-refractivity contribution is -0.123. The SMILES string of the molecule is NCc1cccc(-c2cccnc2C(=O)N2CCCC(C(N)=O)C2)c1. The van der Waals surface area contributed by atoms with Gasteiger partial charge in [-0.2, -0.15) is 0 Å². The summed E-state index contributed by atoms with van der Waals surface area (Å²) in [4.78, 5) is 30.5. The van der Waals surface area contributed by atoms with E-state index < -0.39 is 0 Å². The molecule has 1 saturated heterocycles. The van der Waals surface area contributed by atoms with Crippen molar-refractivity contribution in [3.05, 3.63) is 53.9 Å². The summed E-state index contributed by atoms with van der Waals surface area (Å²) in [5.74, 6) is -0.806. The van der Waals surface area contributed by atoms with Crippen molar-refractivity contribution in [1.29, 1.82) is 0 Å². The first kappa shape index (κ1) is 17.1. The van der Waals surface area contributed by atoms with Gasteiger partial charge in [-0.25, -0.2) is 0 Å². The highest BCUT2D eigenvalue weighted by Gasteiger charge is 2.29. The maximum Gasteiger partial charge on any atom is 0.273 e. The topological polar surface area (TPSA) is 102 Å². The van der Waals surface area contributed by atoms with E-state index in [1.807, 2.05) is 36.4 Å². The Balaban J connectivity index is 1.92. The third kappa shape index (κ3) is 3.69. The van der Waals surface area contributed by atoms with E-state index in [4.69, 9.17) is 11.5 Å². The number of hydrogen-bond acceptors (Lipinski definition) is 4. The lowest BCUT2D eigenvalue weighted by atomic mass is 9.96. The van der Waals surface area contributed by atoms with Gasteiger partial charge in [-0.15, -0.1) is 0 Å². The number of piperidine rings is 1. The van der Waals surface area contributed by atoms with E-state index in [9.17, 15) is 9.59 Å². The van der Waals surface area contributed by atoms with E-state index in [0.717, 1.165) is 29.5 Å². The van der Waals surface area contributed by atoms with Crippen molar-refractivity contribution in [2.24, 2.45) is 17.4 Å². The normalized spacial score (nSPS) is 17.3. The lowest BCUT2D eigenvalue weighted by Gasteiger charge is -2.31. The van der Waals surface area contributed by atoms with Crippen molar-refractivity contribution in [3.8, 4) is 11.1 Å². The number of hydrogen-bond donors (Lipinski definition) is 2. The fourth-order valence-electron chi connectivity index (χ4n) is 3.22. The highest BCUT2D eigenvalue weighted by molar-refractivity contribution is 5.99. The summed E-state index contributed by atoms with van der Waals surface area (Å²) in [6.07, 6.45) is 3.11. The predicted octanol–water partition coefficient (Wildman–Crippen LogP) is 1.54. The molecule has 3 rings (SSSR count). The Morgan fingerprint density at radius 2 is 2.08 bits per heavy atom. The first-order valence-electron chi connectivity index (χ1n) is 8.43.